The van der Waals surface area contributed by atoms with E-state index in [1.165, 1.54) is 24.8 Å². The van der Waals surface area contributed by atoms with Crippen molar-refractivity contribution in [3.05, 3.63) is 24.0 Å². The highest BCUT2D eigenvalue weighted by Crippen LogP contribution is 2.33. The molecule has 2 fully saturated rings. The molecule has 0 bridgehead atoms. The predicted molar refractivity (Wildman–Crippen MR) is 109 cm³/mol. The Morgan fingerprint density at radius 1 is 1.39 bits per heavy atom. The number of hydrazine groups is 1. The van der Waals surface area contributed by atoms with Gasteiger partial charge in [0.25, 0.3) is 0 Å². The van der Waals surface area contributed by atoms with Crippen molar-refractivity contribution in [2.75, 3.05) is 36.0 Å². The van der Waals surface area contributed by atoms with Gasteiger partial charge in [-0.2, -0.15) is 5.26 Å². The molecule has 11 heteroatoms. The molecule has 2 aliphatic heterocycles. The number of nitrogens with one attached hydrogen (secondary N) is 1. The number of nitrogens with zero attached hydrogens (tertiary/aromatic N) is 4. The first-order valence-electron chi connectivity index (χ1n) is 9.90. The van der Waals surface area contributed by atoms with Crippen molar-refractivity contribution in [3.63, 3.8) is 0 Å². The highest BCUT2D eigenvalue weighted by Gasteiger charge is 2.41. The Labute approximate surface area is 179 Å². The maximum atomic E-state index is 14.9. The molecule has 2 saturated heterocycles. The fourth-order valence-corrected chi connectivity index (χ4v) is 3.84. The summed E-state index contributed by atoms with van der Waals surface area (Å²) >= 11 is 0. The third kappa shape index (κ3) is 4.54. The number of nitriles is 1. The molecule has 0 saturated carbocycles. The average molecular weight is 432 g/mol. The van der Waals surface area contributed by atoms with Crippen molar-refractivity contribution in [2.24, 2.45) is 5.84 Å². The molecule has 31 heavy (non-hydrogen) atoms. The number of ether oxygens (including phenoxy) is 1. The fourth-order valence-electron chi connectivity index (χ4n) is 3.84. The number of benzene rings is 1. The maximum Gasteiger partial charge on any atom is 0.414 e. The highest BCUT2D eigenvalue weighted by atomic mass is 19.1. The lowest BCUT2D eigenvalue weighted by Gasteiger charge is -2.42. The lowest BCUT2D eigenvalue weighted by atomic mass is 9.88. The molecule has 166 valence electrons. The topological polar surface area (TPSA) is 132 Å². The SMILES string of the molecule is CC(=O)NC[C@H]1CN(c2ccc(N3CCC(C#N)(N(N)C(C)=O)CC3)c(F)c2)C(=O)O1. The molecule has 0 aliphatic carbocycles. The second kappa shape index (κ2) is 8.77. The minimum absolute atomic E-state index is 0.185. The van der Waals surface area contributed by atoms with E-state index in [1.807, 2.05) is 0 Å². The molecule has 2 heterocycles. The maximum absolute atomic E-state index is 14.9. The van der Waals surface area contributed by atoms with Crippen molar-refractivity contribution in [2.45, 2.75) is 38.3 Å². The summed E-state index contributed by atoms with van der Waals surface area (Å²) in [6.45, 7) is 3.74. The number of hydrogen-bond acceptors (Lipinski definition) is 7. The van der Waals surface area contributed by atoms with Crippen molar-refractivity contribution in [1.82, 2.24) is 10.3 Å². The molecule has 3 rings (SSSR count). The van der Waals surface area contributed by atoms with Gasteiger partial charge in [0.05, 0.1) is 30.5 Å². The van der Waals surface area contributed by atoms with Gasteiger partial charge in [-0.1, -0.05) is 0 Å². The smallest absolute Gasteiger partial charge is 0.414 e. The third-order valence-corrected chi connectivity index (χ3v) is 5.64. The number of carbonyl (C=O) groups is 3. The Kier molecular flexibility index (Phi) is 6.31. The summed E-state index contributed by atoms with van der Waals surface area (Å²) in [5.41, 5.74) is -0.422. The molecular formula is C20H25FN6O4. The standard InChI is InChI=1S/C20H25FN6O4/c1-13(28)24-10-16-11-26(19(30)31-16)15-3-4-18(17(21)9-15)25-7-5-20(12-22,6-8-25)27(23)14(2)29/h3-4,9,16H,5-8,10-11,23H2,1-2H3,(H,24,28)/t16-/m0/s1. The van der Waals surface area contributed by atoms with Crippen LogP contribution < -0.4 is 21.0 Å². The van der Waals surface area contributed by atoms with E-state index >= 15 is 0 Å². The zero-order valence-electron chi connectivity index (χ0n) is 17.4. The number of nitrogens with two attached hydrogens (primary N) is 1. The molecule has 0 aromatic heterocycles. The minimum atomic E-state index is -1.11. The number of cyclic esters (lactones) is 1. The van der Waals surface area contributed by atoms with Crippen LogP contribution in [0.5, 0.6) is 0 Å². The molecule has 1 aromatic carbocycles. The first-order chi connectivity index (χ1) is 14.7. The highest BCUT2D eigenvalue weighted by molar-refractivity contribution is 5.90. The number of amides is 3. The monoisotopic (exact) mass is 432 g/mol. The van der Waals surface area contributed by atoms with E-state index in [-0.39, 0.29) is 31.8 Å². The Morgan fingerprint density at radius 3 is 2.61 bits per heavy atom. The van der Waals surface area contributed by atoms with Crippen LogP contribution in [0.2, 0.25) is 0 Å². The molecule has 1 aromatic rings. The van der Waals surface area contributed by atoms with Gasteiger partial charge >= 0.3 is 6.09 Å². The molecule has 0 radical (unpaired) electrons. The number of halogens is 1. The number of anilines is 2. The number of carbonyl (C=O) groups excluding carboxylic acids is 3. The Morgan fingerprint density at radius 2 is 2.06 bits per heavy atom. The molecule has 1 atom stereocenters. The number of piperidine rings is 1. The van der Waals surface area contributed by atoms with Gasteiger partial charge in [-0.3, -0.25) is 19.5 Å². The van der Waals surface area contributed by atoms with Gasteiger partial charge in [0, 0.05) is 39.8 Å². The summed E-state index contributed by atoms with van der Waals surface area (Å²) in [7, 11) is 0. The van der Waals surface area contributed by atoms with Crippen LogP contribution in [-0.2, 0) is 14.3 Å². The van der Waals surface area contributed by atoms with Crippen molar-refractivity contribution >= 4 is 29.3 Å². The minimum Gasteiger partial charge on any atom is -0.442 e. The van der Waals surface area contributed by atoms with Gasteiger partial charge in [-0.25, -0.2) is 15.0 Å². The van der Waals surface area contributed by atoms with Crippen LogP contribution in [-0.4, -0.2) is 60.7 Å². The Balaban J connectivity index is 1.68. The van der Waals surface area contributed by atoms with Crippen molar-refractivity contribution in [1.29, 1.82) is 5.26 Å². The lowest BCUT2D eigenvalue weighted by Crippen LogP contribution is -2.59. The second-order valence-electron chi connectivity index (χ2n) is 7.71. The number of rotatable bonds is 5. The zero-order valence-corrected chi connectivity index (χ0v) is 17.4. The zero-order chi connectivity index (χ0) is 22.8. The van der Waals surface area contributed by atoms with Crippen molar-refractivity contribution < 1.29 is 23.5 Å². The van der Waals surface area contributed by atoms with Crippen LogP contribution >= 0.6 is 0 Å². The van der Waals surface area contributed by atoms with Gasteiger partial charge in [0.15, 0.2) is 0 Å². The summed E-state index contributed by atoms with van der Waals surface area (Å²) < 4.78 is 20.1. The predicted octanol–water partition coefficient (Wildman–Crippen LogP) is 0.872. The van der Waals surface area contributed by atoms with Gasteiger partial charge in [-0.05, 0) is 18.2 Å². The molecule has 2 aliphatic rings. The largest absolute Gasteiger partial charge is 0.442 e. The first kappa shape index (κ1) is 22.3. The third-order valence-electron chi connectivity index (χ3n) is 5.64. The van der Waals surface area contributed by atoms with E-state index in [1.54, 1.807) is 17.0 Å². The van der Waals surface area contributed by atoms with Gasteiger partial charge in [0.1, 0.15) is 17.5 Å². The van der Waals surface area contributed by atoms with E-state index in [4.69, 9.17) is 10.6 Å². The van der Waals surface area contributed by atoms with E-state index in [0.717, 1.165) is 5.01 Å². The molecule has 3 amide bonds. The molecule has 3 N–H and O–H groups in total. The normalized spacial score (nSPS) is 20.1. The summed E-state index contributed by atoms with van der Waals surface area (Å²) in [6.07, 6.45) is -0.555. The Bertz CT molecular complexity index is 925. The van der Waals surface area contributed by atoms with E-state index < -0.39 is 29.5 Å². The van der Waals surface area contributed by atoms with Gasteiger partial charge in [-0.15, -0.1) is 0 Å². The van der Waals surface area contributed by atoms with Crippen LogP contribution in [0.25, 0.3) is 0 Å². The van der Waals surface area contributed by atoms with E-state index in [0.29, 0.717) is 24.5 Å². The van der Waals surface area contributed by atoms with Crippen molar-refractivity contribution in [3.8, 4) is 6.07 Å². The summed E-state index contributed by atoms with van der Waals surface area (Å²) in [5, 5.41) is 13.1. The Hall–Kier alpha value is -3.39. The van der Waals surface area contributed by atoms with Crippen LogP contribution in [0.3, 0.4) is 0 Å². The molecule has 10 nitrogen and oxygen atoms in total. The van der Waals surface area contributed by atoms with Crippen LogP contribution in [0.1, 0.15) is 26.7 Å². The molecule has 0 unspecified atom stereocenters. The van der Waals surface area contributed by atoms with Crippen LogP contribution in [0, 0.1) is 17.1 Å². The quantitative estimate of drug-likeness (QED) is 0.401. The van der Waals surface area contributed by atoms with Gasteiger partial charge in [0.2, 0.25) is 11.8 Å². The van der Waals surface area contributed by atoms with Crippen LogP contribution in [0.4, 0.5) is 20.6 Å². The first-order valence-corrected chi connectivity index (χ1v) is 9.90. The summed E-state index contributed by atoms with van der Waals surface area (Å²) in [4.78, 5) is 37.9. The van der Waals surface area contributed by atoms with E-state index in [2.05, 4.69) is 11.4 Å². The summed E-state index contributed by atoms with van der Waals surface area (Å²) in [5.74, 6) is 4.65. The average Bonchev–Trinajstić information content (AvgIpc) is 3.12. The summed E-state index contributed by atoms with van der Waals surface area (Å²) in [6, 6.07) is 6.59. The van der Waals surface area contributed by atoms with Crippen LogP contribution in [0.15, 0.2) is 18.2 Å². The molecule has 0 spiro atoms. The van der Waals surface area contributed by atoms with E-state index in [9.17, 15) is 24.0 Å². The number of hydrogen-bond donors (Lipinski definition) is 2. The second-order valence-corrected chi connectivity index (χ2v) is 7.71. The molecular weight excluding hydrogens is 407 g/mol. The van der Waals surface area contributed by atoms with Gasteiger partial charge < -0.3 is 15.0 Å². The lowest BCUT2D eigenvalue weighted by molar-refractivity contribution is -0.134. The fraction of sp³-hybridized carbons (Fsp3) is 0.500.